The fourth-order valence-corrected chi connectivity index (χ4v) is 1.95. The molecule has 0 radical (unpaired) electrons. The van der Waals surface area contributed by atoms with Gasteiger partial charge in [0.1, 0.15) is 0 Å². The van der Waals surface area contributed by atoms with Crippen molar-refractivity contribution in [2.45, 2.75) is 13.0 Å². The standard InChI is InChI=1S/C17H14N2O3/c1-12(21-17(20)14-10-6-3-7-11-14)15-18-19-16(22-15)13-8-4-2-5-9-13/h2-12H,1H3. The predicted molar refractivity (Wildman–Crippen MR) is 80.0 cm³/mol. The van der Waals surface area contributed by atoms with E-state index in [1.807, 2.05) is 36.4 Å². The molecule has 0 aliphatic heterocycles. The second kappa shape index (κ2) is 6.22. The topological polar surface area (TPSA) is 65.2 Å². The third-order valence-corrected chi connectivity index (χ3v) is 3.10. The Hall–Kier alpha value is -2.95. The number of carbonyl (C=O) groups excluding carboxylic acids is 1. The molecule has 110 valence electrons. The van der Waals surface area contributed by atoms with Crippen LogP contribution < -0.4 is 0 Å². The van der Waals surface area contributed by atoms with Gasteiger partial charge in [-0.05, 0) is 31.2 Å². The molecule has 1 heterocycles. The van der Waals surface area contributed by atoms with Crippen LogP contribution in [0.1, 0.15) is 29.3 Å². The highest BCUT2D eigenvalue weighted by Crippen LogP contribution is 2.22. The third kappa shape index (κ3) is 3.03. The first-order valence-corrected chi connectivity index (χ1v) is 6.89. The molecular formula is C17H14N2O3. The normalized spacial score (nSPS) is 11.9. The van der Waals surface area contributed by atoms with Crippen LogP contribution in [0.25, 0.3) is 11.5 Å². The van der Waals surface area contributed by atoms with Crippen LogP contribution in [0.15, 0.2) is 65.1 Å². The highest BCUT2D eigenvalue weighted by atomic mass is 16.6. The molecule has 0 fully saturated rings. The molecule has 0 amide bonds. The largest absolute Gasteiger partial charge is 0.449 e. The van der Waals surface area contributed by atoms with E-state index in [0.29, 0.717) is 11.5 Å². The van der Waals surface area contributed by atoms with Gasteiger partial charge in [0.15, 0.2) is 6.10 Å². The molecule has 5 heteroatoms. The zero-order chi connectivity index (χ0) is 15.4. The van der Waals surface area contributed by atoms with Gasteiger partial charge in [0.25, 0.3) is 5.89 Å². The molecule has 0 aliphatic carbocycles. The van der Waals surface area contributed by atoms with Crippen molar-refractivity contribution >= 4 is 5.97 Å². The van der Waals surface area contributed by atoms with Gasteiger partial charge in [0, 0.05) is 5.56 Å². The molecule has 0 saturated carbocycles. The van der Waals surface area contributed by atoms with Crippen LogP contribution in [0.4, 0.5) is 0 Å². The lowest BCUT2D eigenvalue weighted by atomic mass is 10.2. The lowest BCUT2D eigenvalue weighted by Gasteiger charge is -2.09. The van der Waals surface area contributed by atoms with E-state index in [-0.39, 0.29) is 5.89 Å². The number of rotatable bonds is 4. The second-order valence-electron chi connectivity index (χ2n) is 4.73. The lowest BCUT2D eigenvalue weighted by Crippen LogP contribution is -2.09. The van der Waals surface area contributed by atoms with Crippen molar-refractivity contribution < 1.29 is 13.9 Å². The molecule has 3 aromatic rings. The third-order valence-electron chi connectivity index (χ3n) is 3.10. The van der Waals surface area contributed by atoms with Crippen molar-refractivity contribution in [2.75, 3.05) is 0 Å². The number of aromatic nitrogens is 2. The van der Waals surface area contributed by atoms with Gasteiger partial charge in [-0.25, -0.2) is 4.79 Å². The first kappa shape index (κ1) is 14.0. The van der Waals surface area contributed by atoms with Crippen molar-refractivity contribution in [2.24, 2.45) is 0 Å². The minimum atomic E-state index is -0.613. The molecule has 3 rings (SSSR count). The Balaban J connectivity index is 1.72. The zero-order valence-corrected chi connectivity index (χ0v) is 12.0. The van der Waals surface area contributed by atoms with Crippen molar-refractivity contribution in [3.8, 4) is 11.5 Å². The van der Waals surface area contributed by atoms with Crippen LogP contribution in [0.2, 0.25) is 0 Å². The first-order chi connectivity index (χ1) is 10.7. The number of hydrogen-bond donors (Lipinski definition) is 0. The number of ether oxygens (including phenoxy) is 1. The second-order valence-corrected chi connectivity index (χ2v) is 4.73. The molecule has 1 unspecified atom stereocenters. The summed E-state index contributed by atoms with van der Waals surface area (Å²) in [5.74, 6) is 0.244. The van der Waals surface area contributed by atoms with Gasteiger partial charge in [-0.15, -0.1) is 10.2 Å². The molecule has 2 aromatic carbocycles. The van der Waals surface area contributed by atoms with E-state index in [4.69, 9.17) is 9.15 Å². The molecule has 0 aliphatic rings. The summed E-state index contributed by atoms with van der Waals surface area (Å²) in [5, 5.41) is 7.92. The van der Waals surface area contributed by atoms with Gasteiger partial charge >= 0.3 is 5.97 Å². The lowest BCUT2D eigenvalue weighted by molar-refractivity contribution is 0.0280. The van der Waals surface area contributed by atoms with Crippen LogP contribution in [0.3, 0.4) is 0 Å². The van der Waals surface area contributed by atoms with Crippen LogP contribution >= 0.6 is 0 Å². The summed E-state index contributed by atoms with van der Waals surface area (Å²) in [6.45, 7) is 1.70. The Bertz CT molecular complexity index is 754. The zero-order valence-electron chi connectivity index (χ0n) is 12.0. The average Bonchev–Trinajstić information content (AvgIpc) is 3.06. The summed E-state index contributed by atoms with van der Waals surface area (Å²) < 4.78 is 10.9. The molecule has 1 atom stereocenters. The molecule has 0 spiro atoms. The maximum atomic E-state index is 12.0. The number of carbonyl (C=O) groups is 1. The van der Waals surface area contributed by atoms with E-state index < -0.39 is 12.1 Å². The van der Waals surface area contributed by atoms with Crippen molar-refractivity contribution in [1.82, 2.24) is 10.2 Å². The van der Waals surface area contributed by atoms with Crippen molar-refractivity contribution in [1.29, 1.82) is 0 Å². The number of nitrogens with zero attached hydrogens (tertiary/aromatic N) is 2. The number of benzene rings is 2. The predicted octanol–water partition coefficient (Wildman–Crippen LogP) is 3.65. The molecule has 0 bridgehead atoms. The van der Waals surface area contributed by atoms with E-state index in [1.165, 1.54) is 0 Å². The minimum Gasteiger partial charge on any atom is -0.449 e. The number of hydrogen-bond acceptors (Lipinski definition) is 5. The summed E-state index contributed by atoms with van der Waals surface area (Å²) >= 11 is 0. The molecule has 22 heavy (non-hydrogen) atoms. The highest BCUT2D eigenvalue weighted by Gasteiger charge is 2.19. The SMILES string of the molecule is CC(OC(=O)c1ccccc1)c1nnc(-c2ccccc2)o1. The summed E-state index contributed by atoms with van der Waals surface area (Å²) in [6, 6.07) is 18.2. The summed E-state index contributed by atoms with van der Waals surface area (Å²) in [5.41, 5.74) is 1.31. The summed E-state index contributed by atoms with van der Waals surface area (Å²) in [7, 11) is 0. The summed E-state index contributed by atoms with van der Waals surface area (Å²) in [6.07, 6.45) is -0.613. The fourth-order valence-electron chi connectivity index (χ4n) is 1.95. The Morgan fingerprint density at radius 3 is 2.32 bits per heavy atom. The molecule has 1 aromatic heterocycles. The Labute approximate surface area is 127 Å². The van der Waals surface area contributed by atoms with E-state index in [0.717, 1.165) is 5.56 Å². The monoisotopic (exact) mass is 294 g/mol. The van der Waals surface area contributed by atoms with E-state index >= 15 is 0 Å². The first-order valence-electron chi connectivity index (χ1n) is 6.89. The van der Waals surface area contributed by atoms with E-state index in [1.54, 1.807) is 31.2 Å². The van der Waals surface area contributed by atoms with Gasteiger partial charge in [-0.2, -0.15) is 0 Å². The summed E-state index contributed by atoms with van der Waals surface area (Å²) in [4.78, 5) is 12.0. The maximum absolute atomic E-state index is 12.0. The van der Waals surface area contributed by atoms with Gasteiger partial charge in [-0.1, -0.05) is 36.4 Å². The van der Waals surface area contributed by atoms with Crippen molar-refractivity contribution in [3.05, 3.63) is 72.1 Å². The Kier molecular flexibility index (Phi) is 3.96. The molecular weight excluding hydrogens is 280 g/mol. The number of esters is 1. The molecule has 0 saturated heterocycles. The van der Waals surface area contributed by atoms with Crippen LogP contribution in [-0.2, 0) is 4.74 Å². The van der Waals surface area contributed by atoms with Crippen LogP contribution in [-0.4, -0.2) is 16.2 Å². The maximum Gasteiger partial charge on any atom is 0.338 e. The van der Waals surface area contributed by atoms with Crippen LogP contribution in [0.5, 0.6) is 0 Å². The molecule has 5 nitrogen and oxygen atoms in total. The van der Waals surface area contributed by atoms with Crippen LogP contribution in [0, 0.1) is 0 Å². The Morgan fingerprint density at radius 2 is 1.64 bits per heavy atom. The molecule has 0 N–H and O–H groups in total. The van der Waals surface area contributed by atoms with Gasteiger partial charge in [0.2, 0.25) is 5.89 Å². The highest BCUT2D eigenvalue weighted by molar-refractivity contribution is 5.89. The smallest absolute Gasteiger partial charge is 0.338 e. The fraction of sp³-hybridized carbons (Fsp3) is 0.118. The van der Waals surface area contributed by atoms with Gasteiger partial charge < -0.3 is 9.15 Å². The van der Waals surface area contributed by atoms with Gasteiger partial charge in [0.05, 0.1) is 5.56 Å². The quantitative estimate of drug-likeness (QED) is 0.687. The van der Waals surface area contributed by atoms with Gasteiger partial charge in [-0.3, -0.25) is 0 Å². The Morgan fingerprint density at radius 1 is 1.00 bits per heavy atom. The van der Waals surface area contributed by atoms with E-state index in [2.05, 4.69) is 10.2 Å². The average molecular weight is 294 g/mol. The van der Waals surface area contributed by atoms with Crippen molar-refractivity contribution in [3.63, 3.8) is 0 Å². The minimum absolute atomic E-state index is 0.267. The van der Waals surface area contributed by atoms with E-state index in [9.17, 15) is 4.79 Å².